The summed E-state index contributed by atoms with van der Waals surface area (Å²) in [6, 6.07) is 4.97. The minimum Gasteiger partial charge on any atom is -0.490 e. The van der Waals surface area contributed by atoms with Gasteiger partial charge in [-0.3, -0.25) is 10.1 Å². The van der Waals surface area contributed by atoms with Gasteiger partial charge in [0.1, 0.15) is 23.2 Å². The molecule has 0 spiro atoms. The molecule has 2 aliphatic carbocycles. The number of carboxylic acid groups (broad SMARTS) is 1. The van der Waals surface area contributed by atoms with E-state index in [1.165, 1.54) is 6.07 Å². The summed E-state index contributed by atoms with van der Waals surface area (Å²) >= 11 is 0. The molecule has 0 amide bonds. The number of nitrogens with one attached hydrogen (secondary N) is 1. The summed E-state index contributed by atoms with van der Waals surface area (Å²) in [6.45, 7) is 1.69. The van der Waals surface area contributed by atoms with Gasteiger partial charge in [0.2, 0.25) is 0 Å². The van der Waals surface area contributed by atoms with Crippen LogP contribution in [0.15, 0.2) is 18.2 Å². The number of halogens is 1. The van der Waals surface area contributed by atoms with Crippen molar-refractivity contribution in [3.05, 3.63) is 29.6 Å². The molecule has 2 fully saturated rings. The van der Waals surface area contributed by atoms with Gasteiger partial charge in [0.15, 0.2) is 0 Å². The highest BCUT2D eigenvalue weighted by Gasteiger charge is 2.48. The van der Waals surface area contributed by atoms with E-state index in [1.807, 2.05) is 0 Å². The van der Waals surface area contributed by atoms with Crippen LogP contribution in [0.5, 0.6) is 5.75 Å². The van der Waals surface area contributed by atoms with Gasteiger partial charge in [0.25, 0.3) is 0 Å². The van der Waals surface area contributed by atoms with Gasteiger partial charge in [-0.15, -0.1) is 0 Å². The van der Waals surface area contributed by atoms with Gasteiger partial charge < -0.3 is 9.84 Å². The van der Waals surface area contributed by atoms with Crippen LogP contribution in [0.1, 0.15) is 37.7 Å². The Labute approximate surface area is 123 Å². The molecular formula is C16H20FNO3. The quantitative estimate of drug-likeness (QED) is 0.876. The zero-order valence-corrected chi connectivity index (χ0v) is 12.1. The molecule has 0 bridgehead atoms. The van der Waals surface area contributed by atoms with Crippen molar-refractivity contribution in [2.24, 2.45) is 0 Å². The van der Waals surface area contributed by atoms with Gasteiger partial charge in [-0.05, 0) is 56.4 Å². The van der Waals surface area contributed by atoms with Crippen molar-refractivity contribution in [1.29, 1.82) is 0 Å². The molecule has 5 heteroatoms. The third kappa shape index (κ3) is 3.02. The average Bonchev–Trinajstić information content (AvgIpc) is 3.14. The third-order valence-electron chi connectivity index (χ3n) is 4.37. The maximum absolute atomic E-state index is 13.2. The monoisotopic (exact) mass is 293 g/mol. The lowest BCUT2D eigenvalue weighted by molar-refractivity contribution is -0.145. The molecule has 4 nitrogen and oxygen atoms in total. The van der Waals surface area contributed by atoms with Crippen LogP contribution in [0, 0.1) is 12.7 Å². The molecule has 2 N–H and O–H groups in total. The van der Waals surface area contributed by atoms with E-state index in [2.05, 4.69) is 5.32 Å². The third-order valence-corrected chi connectivity index (χ3v) is 4.37. The predicted octanol–water partition coefficient (Wildman–Crippen LogP) is 2.64. The smallest absolute Gasteiger partial charge is 0.324 e. The molecule has 0 aliphatic heterocycles. The van der Waals surface area contributed by atoms with Gasteiger partial charge in [-0.1, -0.05) is 0 Å². The Hall–Kier alpha value is -1.62. The Bertz CT molecular complexity index is 558. The summed E-state index contributed by atoms with van der Waals surface area (Å²) in [7, 11) is 0. The number of aliphatic carboxylic acids is 1. The fourth-order valence-corrected chi connectivity index (χ4v) is 2.99. The standard InChI is InChI=1S/C16H20FNO3/c1-10-8-12(4-5-14(10)17)21-13-6-7-16(9-13,15(19)20)18-11-2-3-11/h4-5,8,11,13,18H,2-3,6-7,9H2,1H3,(H,19,20). The van der Waals surface area contributed by atoms with Crippen molar-refractivity contribution in [1.82, 2.24) is 5.32 Å². The molecular weight excluding hydrogens is 273 g/mol. The normalized spacial score (nSPS) is 28.6. The Kier molecular flexibility index (Phi) is 3.61. The first kappa shape index (κ1) is 14.3. The minimum atomic E-state index is -0.860. The number of aryl methyl sites for hydroxylation is 1. The van der Waals surface area contributed by atoms with Gasteiger partial charge in [0.05, 0.1) is 0 Å². The van der Waals surface area contributed by atoms with Crippen molar-refractivity contribution in [3.63, 3.8) is 0 Å². The Morgan fingerprint density at radius 3 is 2.81 bits per heavy atom. The minimum absolute atomic E-state index is 0.141. The van der Waals surface area contributed by atoms with Crippen LogP contribution in [0.25, 0.3) is 0 Å². The number of hydrogen-bond acceptors (Lipinski definition) is 3. The number of ether oxygens (including phenoxy) is 1. The molecule has 1 aromatic carbocycles. The van der Waals surface area contributed by atoms with Crippen LogP contribution in [-0.4, -0.2) is 28.8 Å². The fourth-order valence-electron chi connectivity index (χ4n) is 2.99. The first-order valence-electron chi connectivity index (χ1n) is 7.42. The largest absolute Gasteiger partial charge is 0.490 e. The van der Waals surface area contributed by atoms with Crippen molar-refractivity contribution in [2.45, 2.75) is 56.7 Å². The van der Waals surface area contributed by atoms with Gasteiger partial charge >= 0.3 is 5.97 Å². The topological polar surface area (TPSA) is 58.6 Å². The maximum Gasteiger partial charge on any atom is 0.324 e. The molecule has 1 aromatic rings. The SMILES string of the molecule is Cc1cc(OC2CCC(NC3CC3)(C(=O)O)C2)ccc1F. The molecule has 0 radical (unpaired) electrons. The highest BCUT2D eigenvalue weighted by molar-refractivity contribution is 5.79. The van der Waals surface area contributed by atoms with Crippen LogP contribution < -0.4 is 10.1 Å². The van der Waals surface area contributed by atoms with E-state index in [9.17, 15) is 14.3 Å². The summed E-state index contributed by atoms with van der Waals surface area (Å²) in [6.07, 6.45) is 3.69. The van der Waals surface area contributed by atoms with Gasteiger partial charge in [-0.25, -0.2) is 4.39 Å². The van der Waals surface area contributed by atoms with Crippen LogP contribution in [0.2, 0.25) is 0 Å². The summed E-state index contributed by atoms with van der Waals surface area (Å²) < 4.78 is 19.1. The zero-order valence-electron chi connectivity index (χ0n) is 12.1. The van der Waals surface area contributed by atoms with E-state index in [0.29, 0.717) is 36.6 Å². The lowest BCUT2D eigenvalue weighted by atomic mass is 9.97. The number of hydrogen-bond donors (Lipinski definition) is 2. The summed E-state index contributed by atoms with van der Waals surface area (Å²) in [5.41, 5.74) is -0.327. The van der Waals surface area contributed by atoms with Gasteiger partial charge in [-0.2, -0.15) is 0 Å². The summed E-state index contributed by atoms with van der Waals surface area (Å²) in [5, 5.41) is 12.8. The number of benzene rings is 1. The highest BCUT2D eigenvalue weighted by Crippen LogP contribution is 2.36. The Balaban J connectivity index is 1.67. The summed E-state index contributed by atoms with van der Waals surface area (Å²) in [5.74, 6) is -0.452. The molecule has 2 aliphatic rings. The molecule has 2 saturated carbocycles. The molecule has 0 heterocycles. The van der Waals surface area contributed by atoms with E-state index in [1.54, 1.807) is 19.1 Å². The lowest BCUT2D eigenvalue weighted by Gasteiger charge is -2.26. The van der Waals surface area contributed by atoms with Gasteiger partial charge in [0, 0.05) is 12.5 Å². The molecule has 0 aromatic heterocycles. The predicted molar refractivity (Wildman–Crippen MR) is 75.9 cm³/mol. The maximum atomic E-state index is 13.2. The highest BCUT2D eigenvalue weighted by atomic mass is 19.1. The van der Waals surface area contributed by atoms with Crippen molar-refractivity contribution >= 4 is 5.97 Å². The van der Waals surface area contributed by atoms with E-state index in [0.717, 1.165) is 12.8 Å². The van der Waals surface area contributed by atoms with Crippen LogP contribution >= 0.6 is 0 Å². The van der Waals surface area contributed by atoms with Crippen LogP contribution in [-0.2, 0) is 4.79 Å². The number of carbonyl (C=O) groups is 1. The number of rotatable bonds is 5. The van der Waals surface area contributed by atoms with Crippen LogP contribution in [0.4, 0.5) is 4.39 Å². The van der Waals surface area contributed by atoms with Crippen molar-refractivity contribution in [2.75, 3.05) is 0 Å². The molecule has 114 valence electrons. The van der Waals surface area contributed by atoms with Crippen LogP contribution in [0.3, 0.4) is 0 Å². The van der Waals surface area contributed by atoms with E-state index >= 15 is 0 Å². The van der Waals surface area contributed by atoms with Crippen molar-refractivity contribution < 1.29 is 19.0 Å². The average molecular weight is 293 g/mol. The second kappa shape index (κ2) is 5.30. The second-order valence-corrected chi connectivity index (χ2v) is 6.20. The van der Waals surface area contributed by atoms with E-state index in [4.69, 9.17) is 4.74 Å². The van der Waals surface area contributed by atoms with Crippen molar-refractivity contribution in [3.8, 4) is 5.75 Å². The molecule has 0 saturated heterocycles. The van der Waals surface area contributed by atoms with E-state index < -0.39 is 11.5 Å². The second-order valence-electron chi connectivity index (χ2n) is 6.20. The molecule has 2 atom stereocenters. The molecule has 3 rings (SSSR count). The number of carboxylic acids is 1. The first-order chi connectivity index (χ1) is 9.98. The summed E-state index contributed by atoms with van der Waals surface area (Å²) in [4.78, 5) is 11.6. The zero-order chi connectivity index (χ0) is 15.0. The Morgan fingerprint density at radius 2 is 2.19 bits per heavy atom. The van der Waals surface area contributed by atoms with E-state index in [-0.39, 0.29) is 11.9 Å². The first-order valence-corrected chi connectivity index (χ1v) is 7.42. The molecule has 21 heavy (non-hydrogen) atoms. The Morgan fingerprint density at radius 1 is 1.43 bits per heavy atom. The lowest BCUT2D eigenvalue weighted by Crippen LogP contribution is -2.51. The molecule has 2 unspecified atom stereocenters. The fraction of sp³-hybridized carbons (Fsp3) is 0.562.